The average Bonchev–Trinajstić information content (AvgIpc) is 2.65. The second-order valence-corrected chi connectivity index (χ2v) is 7.29. The molecule has 1 aliphatic heterocycles. The summed E-state index contributed by atoms with van der Waals surface area (Å²) in [6.07, 6.45) is 0. The molecule has 1 saturated heterocycles. The molecule has 0 atom stereocenters. The van der Waals surface area contributed by atoms with E-state index in [1.54, 1.807) is 19.2 Å². The summed E-state index contributed by atoms with van der Waals surface area (Å²) in [5, 5.41) is 6.63. The molecule has 1 amide bonds. The molecule has 1 fully saturated rings. The number of aliphatic imine (C=N–C) groups is 1. The van der Waals surface area contributed by atoms with Gasteiger partial charge in [0.1, 0.15) is 5.82 Å². The number of carbonyl (C=O) groups excluding carboxylic acids is 1. The van der Waals surface area contributed by atoms with Gasteiger partial charge in [0.25, 0.3) is 0 Å². The van der Waals surface area contributed by atoms with Crippen molar-refractivity contribution in [2.24, 2.45) is 10.9 Å². The van der Waals surface area contributed by atoms with Crippen molar-refractivity contribution in [2.75, 3.05) is 46.3 Å². The van der Waals surface area contributed by atoms with Gasteiger partial charge in [0.05, 0.1) is 0 Å². The first-order valence-corrected chi connectivity index (χ1v) is 9.68. The van der Waals surface area contributed by atoms with Crippen LogP contribution in [0, 0.1) is 11.7 Å². The van der Waals surface area contributed by atoms with Crippen molar-refractivity contribution in [3.63, 3.8) is 0 Å². The molecule has 0 unspecified atom stereocenters. The Bertz CT molecular complexity index is 645. The number of hydrogen-bond acceptors (Lipinski definition) is 3. The molecule has 1 aliphatic rings. The fourth-order valence-corrected chi connectivity index (χ4v) is 3.14. The molecule has 9 heteroatoms. The van der Waals surface area contributed by atoms with Crippen LogP contribution in [0.4, 0.5) is 4.39 Å². The Morgan fingerprint density at radius 1 is 1.21 bits per heavy atom. The van der Waals surface area contributed by atoms with Crippen LogP contribution in [0.2, 0.25) is 5.02 Å². The molecular formula is C19H30ClFIN5O. The van der Waals surface area contributed by atoms with Gasteiger partial charge in [-0.05, 0) is 12.1 Å². The number of piperazine rings is 1. The van der Waals surface area contributed by atoms with Crippen molar-refractivity contribution >= 4 is 47.4 Å². The molecule has 0 saturated carbocycles. The lowest BCUT2D eigenvalue weighted by atomic mass is 10.2. The number of amides is 1. The first-order valence-electron chi connectivity index (χ1n) is 9.31. The lowest BCUT2D eigenvalue weighted by Gasteiger charge is -2.36. The van der Waals surface area contributed by atoms with Crippen molar-refractivity contribution in [1.29, 1.82) is 0 Å². The van der Waals surface area contributed by atoms with Gasteiger partial charge in [-0.2, -0.15) is 0 Å². The largest absolute Gasteiger partial charge is 0.354 e. The number of rotatable bonds is 6. The smallest absolute Gasteiger partial charge is 0.222 e. The van der Waals surface area contributed by atoms with Crippen LogP contribution >= 0.6 is 35.6 Å². The molecule has 0 aliphatic carbocycles. The number of guanidine groups is 1. The number of halogens is 3. The van der Waals surface area contributed by atoms with E-state index in [-0.39, 0.29) is 41.6 Å². The third-order valence-corrected chi connectivity index (χ3v) is 4.91. The van der Waals surface area contributed by atoms with Crippen LogP contribution in [0.3, 0.4) is 0 Å². The minimum Gasteiger partial charge on any atom is -0.354 e. The summed E-state index contributed by atoms with van der Waals surface area (Å²) in [5.41, 5.74) is 0.552. The summed E-state index contributed by atoms with van der Waals surface area (Å²) in [6, 6.07) is 4.79. The van der Waals surface area contributed by atoms with Gasteiger partial charge < -0.3 is 15.5 Å². The van der Waals surface area contributed by atoms with E-state index in [2.05, 4.69) is 25.4 Å². The van der Waals surface area contributed by atoms with Gasteiger partial charge in [-0.15, -0.1) is 24.0 Å². The number of hydrogen-bond donors (Lipinski definition) is 2. The zero-order chi connectivity index (χ0) is 19.8. The number of nitrogens with one attached hydrogen (secondary N) is 2. The molecule has 0 aromatic heterocycles. The molecule has 0 radical (unpaired) electrons. The molecule has 158 valence electrons. The number of nitrogens with zero attached hydrogens (tertiary/aromatic N) is 3. The molecule has 6 nitrogen and oxygen atoms in total. The Morgan fingerprint density at radius 3 is 2.43 bits per heavy atom. The normalized spacial score (nSPS) is 15.4. The minimum absolute atomic E-state index is 0. The summed E-state index contributed by atoms with van der Waals surface area (Å²) in [7, 11) is 1.75. The molecule has 2 rings (SSSR count). The number of carbonyl (C=O) groups is 1. The Balaban J connectivity index is 0.00000392. The van der Waals surface area contributed by atoms with Crippen molar-refractivity contribution in [3.8, 4) is 0 Å². The monoisotopic (exact) mass is 525 g/mol. The highest BCUT2D eigenvalue weighted by Gasteiger charge is 2.21. The van der Waals surface area contributed by atoms with Gasteiger partial charge >= 0.3 is 0 Å². The average molecular weight is 526 g/mol. The predicted octanol–water partition coefficient (Wildman–Crippen LogP) is 2.56. The first kappa shape index (κ1) is 24.9. The SMILES string of the molecule is CN=C(NCCNC(=O)C(C)C)N1CCN(Cc2c(F)cccc2Cl)CC1.I. The van der Waals surface area contributed by atoms with Gasteiger partial charge in [0.15, 0.2) is 5.96 Å². The molecule has 1 aromatic carbocycles. The predicted molar refractivity (Wildman–Crippen MR) is 123 cm³/mol. The highest BCUT2D eigenvalue weighted by Crippen LogP contribution is 2.21. The van der Waals surface area contributed by atoms with Crippen LogP contribution in [-0.2, 0) is 11.3 Å². The molecule has 28 heavy (non-hydrogen) atoms. The summed E-state index contributed by atoms with van der Waals surface area (Å²) >= 11 is 6.13. The van der Waals surface area contributed by atoms with Crippen LogP contribution in [0.1, 0.15) is 19.4 Å². The Kier molecular flexibility index (Phi) is 11.1. The second kappa shape index (κ2) is 12.4. The molecule has 1 aromatic rings. The molecule has 0 bridgehead atoms. The van der Waals surface area contributed by atoms with E-state index in [4.69, 9.17) is 11.6 Å². The van der Waals surface area contributed by atoms with Crippen LogP contribution < -0.4 is 10.6 Å². The van der Waals surface area contributed by atoms with Crippen molar-refractivity contribution < 1.29 is 9.18 Å². The van der Waals surface area contributed by atoms with E-state index < -0.39 is 0 Å². The van der Waals surface area contributed by atoms with Crippen LogP contribution in [-0.4, -0.2) is 68.0 Å². The van der Waals surface area contributed by atoms with Gasteiger partial charge in [-0.1, -0.05) is 31.5 Å². The minimum atomic E-state index is -0.258. The van der Waals surface area contributed by atoms with Crippen LogP contribution in [0.25, 0.3) is 0 Å². The van der Waals surface area contributed by atoms with Gasteiger partial charge in [-0.3, -0.25) is 14.7 Å². The van der Waals surface area contributed by atoms with E-state index >= 15 is 0 Å². The highest BCUT2D eigenvalue weighted by molar-refractivity contribution is 14.0. The molecular weight excluding hydrogens is 496 g/mol. The van der Waals surface area contributed by atoms with Crippen LogP contribution in [0.5, 0.6) is 0 Å². The van der Waals surface area contributed by atoms with Gasteiger partial charge in [-0.25, -0.2) is 4.39 Å². The third-order valence-electron chi connectivity index (χ3n) is 4.56. The Hall–Kier alpha value is -1.13. The quantitative estimate of drug-likeness (QED) is 0.259. The lowest BCUT2D eigenvalue weighted by molar-refractivity contribution is -0.123. The maximum Gasteiger partial charge on any atom is 0.222 e. The van der Waals surface area contributed by atoms with E-state index in [1.807, 2.05) is 13.8 Å². The zero-order valence-corrected chi connectivity index (χ0v) is 19.8. The summed E-state index contributed by atoms with van der Waals surface area (Å²) in [5.74, 6) is 0.593. The van der Waals surface area contributed by atoms with Crippen molar-refractivity contribution in [3.05, 3.63) is 34.6 Å². The Morgan fingerprint density at radius 2 is 1.86 bits per heavy atom. The van der Waals surface area contributed by atoms with Crippen LogP contribution in [0.15, 0.2) is 23.2 Å². The van der Waals surface area contributed by atoms with E-state index in [0.717, 1.165) is 32.1 Å². The fraction of sp³-hybridized carbons (Fsp3) is 0.579. The third kappa shape index (κ3) is 7.36. The first-order chi connectivity index (χ1) is 12.9. The Labute approximate surface area is 188 Å². The van der Waals surface area contributed by atoms with E-state index in [0.29, 0.717) is 30.2 Å². The number of benzene rings is 1. The van der Waals surface area contributed by atoms with Crippen molar-refractivity contribution in [1.82, 2.24) is 20.4 Å². The topological polar surface area (TPSA) is 60.0 Å². The summed E-state index contributed by atoms with van der Waals surface area (Å²) in [4.78, 5) is 20.3. The summed E-state index contributed by atoms with van der Waals surface area (Å²) < 4.78 is 14.0. The second-order valence-electron chi connectivity index (χ2n) is 6.88. The maximum atomic E-state index is 14.0. The molecule has 1 heterocycles. The highest BCUT2D eigenvalue weighted by atomic mass is 127. The summed E-state index contributed by atoms with van der Waals surface area (Å²) in [6.45, 7) is 8.62. The van der Waals surface area contributed by atoms with Gasteiger partial charge in [0.2, 0.25) is 5.91 Å². The van der Waals surface area contributed by atoms with Gasteiger partial charge in [0, 0.05) is 69.4 Å². The van der Waals surface area contributed by atoms with E-state index in [9.17, 15) is 9.18 Å². The van der Waals surface area contributed by atoms with Crippen molar-refractivity contribution in [2.45, 2.75) is 20.4 Å². The lowest BCUT2D eigenvalue weighted by Crippen LogP contribution is -2.53. The maximum absolute atomic E-state index is 14.0. The fourth-order valence-electron chi connectivity index (χ4n) is 2.92. The molecule has 0 spiro atoms. The van der Waals surface area contributed by atoms with E-state index in [1.165, 1.54) is 6.07 Å². The standard InChI is InChI=1S/C19H29ClFN5O.HI/c1-14(2)18(27)23-7-8-24-19(22-3)26-11-9-25(10-12-26)13-15-16(20)5-4-6-17(15)21;/h4-6,14H,7-13H2,1-3H3,(H,22,24)(H,23,27);1H. The molecule has 2 N–H and O–H groups in total. The zero-order valence-electron chi connectivity index (χ0n) is 16.7.